The smallest absolute Gasteiger partial charge is 0.113 e. The monoisotopic (exact) mass is 217 g/mol. The number of hydrogen-bond acceptors (Lipinski definition) is 2. The van der Waals surface area contributed by atoms with Crippen molar-refractivity contribution in [2.45, 2.75) is 39.0 Å². The predicted octanol–water partition coefficient (Wildman–Crippen LogP) is 3.26. The summed E-state index contributed by atoms with van der Waals surface area (Å²) in [7, 11) is 1.93. The maximum absolute atomic E-state index is 4.17. The van der Waals surface area contributed by atoms with Gasteiger partial charge in [0.25, 0.3) is 0 Å². The van der Waals surface area contributed by atoms with Gasteiger partial charge >= 0.3 is 0 Å². The Kier molecular flexibility index (Phi) is 3.22. The standard InChI is InChI=1S/C13H19N3/c1-4-6-10(5-2)11-7-8-13-12(9-11)14-15-16(13)3/h7-10H,4-6H2,1-3H3. The number of fused-ring (bicyclic) bond motifs is 1. The average Bonchev–Trinajstić information content (AvgIpc) is 2.67. The summed E-state index contributed by atoms with van der Waals surface area (Å²) >= 11 is 0. The molecule has 0 bridgehead atoms. The van der Waals surface area contributed by atoms with Crippen LogP contribution >= 0.6 is 0 Å². The number of aryl methyl sites for hydroxylation is 1. The highest BCUT2D eigenvalue weighted by molar-refractivity contribution is 5.75. The van der Waals surface area contributed by atoms with Crippen LogP contribution in [0, 0.1) is 0 Å². The van der Waals surface area contributed by atoms with E-state index >= 15 is 0 Å². The largest absolute Gasteiger partial charge is 0.248 e. The molecular weight excluding hydrogens is 198 g/mol. The van der Waals surface area contributed by atoms with Gasteiger partial charge < -0.3 is 0 Å². The van der Waals surface area contributed by atoms with Gasteiger partial charge in [0.15, 0.2) is 0 Å². The van der Waals surface area contributed by atoms with Gasteiger partial charge in [-0.2, -0.15) is 0 Å². The molecule has 3 nitrogen and oxygen atoms in total. The van der Waals surface area contributed by atoms with Gasteiger partial charge in [0.2, 0.25) is 0 Å². The average molecular weight is 217 g/mol. The predicted molar refractivity (Wildman–Crippen MR) is 66.4 cm³/mol. The molecule has 1 atom stereocenters. The first-order valence-electron chi connectivity index (χ1n) is 6.05. The van der Waals surface area contributed by atoms with E-state index in [0.29, 0.717) is 5.92 Å². The lowest BCUT2D eigenvalue weighted by Crippen LogP contribution is -1.97. The van der Waals surface area contributed by atoms with Crippen molar-refractivity contribution in [3.63, 3.8) is 0 Å². The van der Waals surface area contributed by atoms with E-state index in [1.807, 2.05) is 11.7 Å². The normalized spacial score (nSPS) is 13.2. The lowest BCUT2D eigenvalue weighted by molar-refractivity contribution is 0.596. The van der Waals surface area contributed by atoms with Crippen LogP contribution in [0.1, 0.15) is 44.6 Å². The third kappa shape index (κ3) is 1.94. The second kappa shape index (κ2) is 4.64. The molecule has 16 heavy (non-hydrogen) atoms. The first-order valence-corrected chi connectivity index (χ1v) is 6.05. The maximum atomic E-state index is 4.17. The van der Waals surface area contributed by atoms with Gasteiger partial charge in [0, 0.05) is 7.05 Å². The third-order valence-electron chi connectivity index (χ3n) is 3.24. The molecule has 0 fully saturated rings. The molecule has 0 aliphatic carbocycles. The van der Waals surface area contributed by atoms with Crippen molar-refractivity contribution in [1.82, 2.24) is 15.0 Å². The van der Waals surface area contributed by atoms with Crippen LogP contribution in [0.4, 0.5) is 0 Å². The molecule has 1 unspecified atom stereocenters. The molecule has 0 aliphatic heterocycles. The molecule has 0 N–H and O–H groups in total. The van der Waals surface area contributed by atoms with Gasteiger partial charge in [0.05, 0.1) is 5.52 Å². The van der Waals surface area contributed by atoms with E-state index in [4.69, 9.17) is 0 Å². The summed E-state index contributed by atoms with van der Waals surface area (Å²) in [6.07, 6.45) is 3.68. The molecule has 86 valence electrons. The number of benzene rings is 1. The van der Waals surface area contributed by atoms with Crippen molar-refractivity contribution in [2.75, 3.05) is 0 Å². The summed E-state index contributed by atoms with van der Waals surface area (Å²) < 4.78 is 1.82. The van der Waals surface area contributed by atoms with Gasteiger partial charge in [-0.05, 0) is 36.5 Å². The maximum Gasteiger partial charge on any atom is 0.113 e. The molecule has 3 heteroatoms. The first kappa shape index (κ1) is 11.1. The van der Waals surface area contributed by atoms with Crippen molar-refractivity contribution in [2.24, 2.45) is 7.05 Å². The lowest BCUT2D eigenvalue weighted by Gasteiger charge is -2.13. The number of rotatable bonds is 4. The van der Waals surface area contributed by atoms with Crippen molar-refractivity contribution in [3.8, 4) is 0 Å². The fourth-order valence-electron chi connectivity index (χ4n) is 2.27. The molecular formula is C13H19N3. The van der Waals surface area contributed by atoms with E-state index in [2.05, 4.69) is 42.4 Å². The Morgan fingerprint density at radius 2 is 2.12 bits per heavy atom. The topological polar surface area (TPSA) is 30.7 Å². The Morgan fingerprint density at radius 1 is 1.31 bits per heavy atom. The zero-order valence-electron chi connectivity index (χ0n) is 10.3. The molecule has 0 aliphatic rings. The fraction of sp³-hybridized carbons (Fsp3) is 0.538. The summed E-state index contributed by atoms with van der Waals surface area (Å²) in [5.74, 6) is 0.663. The Bertz CT molecular complexity index is 473. The van der Waals surface area contributed by atoms with Crippen LogP contribution in [0.15, 0.2) is 18.2 Å². The SMILES string of the molecule is CCCC(CC)c1ccc2c(c1)nnn2C. The molecule has 0 spiro atoms. The van der Waals surface area contributed by atoms with Crippen LogP contribution in [0.2, 0.25) is 0 Å². The van der Waals surface area contributed by atoms with Crippen molar-refractivity contribution >= 4 is 11.0 Å². The Labute approximate surface area is 96.5 Å². The number of nitrogens with zero attached hydrogens (tertiary/aromatic N) is 3. The van der Waals surface area contributed by atoms with Crippen molar-refractivity contribution < 1.29 is 0 Å². The van der Waals surface area contributed by atoms with Crippen LogP contribution in [0.25, 0.3) is 11.0 Å². The second-order valence-electron chi connectivity index (χ2n) is 4.36. The second-order valence-corrected chi connectivity index (χ2v) is 4.36. The summed E-state index contributed by atoms with van der Waals surface area (Å²) in [5.41, 5.74) is 3.52. The highest BCUT2D eigenvalue weighted by Crippen LogP contribution is 2.26. The van der Waals surface area contributed by atoms with E-state index in [0.717, 1.165) is 11.0 Å². The summed E-state index contributed by atoms with van der Waals surface area (Å²) in [6, 6.07) is 6.53. The molecule has 1 aromatic heterocycles. The summed E-state index contributed by atoms with van der Waals surface area (Å²) in [6.45, 7) is 4.49. The minimum absolute atomic E-state index is 0.663. The van der Waals surface area contributed by atoms with Gasteiger partial charge in [-0.1, -0.05) is 31.5 Å². The van der Waals surface area contributed by atoms with Crippen molar-refractivity contribution in [3.05, 3.63) is 23.8 Å². The molecule has 0 radical (unpaired) electrons. The Morgan fingerprint density at radius 3 is 2.81 bits per heavy atom. The first-order chi connectivity index (χ1) is 7.76. The summed E-state index contributed by atoms with van der Waals surface area (Å²) in [4.78, 5) is 0. The van der Waals surface area contributed by atoms with Crippen LogP contribution in [-0.4, -0.2) is 15.0 Å². The zero-order valence-corrected chi connectivity index (χ0v) is 10.3. The number of aromatic nitrogens is 3. The van der Waals surface area contributed by atoms with Crippen LogP contribution in [0.3, 0.4) is 0 Å². The van der Waals surface area contributed by atoms with E-state index in [-0.39, 0.29) is 0 Å². The molecule has 2 rings (SSSR count). The van der Waals surface area contributed by atoms with E-state index < -0.39 is 0 Å². The van der Waals surface area contributed by atoms with Gasteiger partial charge in [-0.3, -0.25) is 0 Å². The van der Waals surface area contributed by atoms with Gasteiger partial charge in [-0.15, -0.1) is 5.10 Å². The third-order valence-corrected chi connectivity index (χ3v) is 3.24. The zero-order chi connectivity index (χ0) is 11.5. The fourth-order valence-corrected chi connectivity index (χ4v) is 2.27. The van der Waals surface area contributed by atoms with Crippen LogP contribution < -0.4 is 0 Å². The summed E-state index contributed by atoms with van der Waals surface area (Å²) in [5, 5.41) is 8.20. The quantitative estimate of drug-likeness (QED) is 0.787. The molecule has 0 amide bonds. The van der Waals surface area contributed by atoms with Gasteiger partial charge in [-0.25, -0.2) is 4.68 Å². The van der Waals surface area contributed by atoms with Gasteiger partial charge in [0.1, 0.15) is 5.52 Å². The number of hydrogen-bond donors (Lipinski definition) is 0. The molecule has 0 saturated heterocycles. The highest BCUT2D eigenvalue weighted by atomic mass is 15.4. The van der Waals surface area contributed by atoms with E-state index in [1.54, 1.807) is 0 Å². The molecule has 1 aromatic carbocycles. The minimum atomic E-state index is 0.663. The highest BCUT2D eigenvalue weighted by Gasteiger charge is 2.10. The van der Waals surface area contributed by atoms with E-state index in [1.165, 1.54) is 24.8 Å². The Hall–Kier alpha value is -1.38. The van der Waals surface area contributed by atoms with E-state index in [9.17, 15) is 0 Å². The van der Waals surface area contributed by atoms with Crippen LogP contribution in [-0.2, 0) is 7.05 Å². The molecule has 2 aromatic rings. The molecule has 0 saturated carbocycles. The van der Waals surface area contributed by atoms with Crippen molar-refractivity contribution in [1.29, 1.82) is 0 Å². The lowest BCUT2D eigenvalue weighted by atomic mass is 9.92. The minimum Gasteiger partial charge on any atom is -0.248 e. The molecule has 1 heterocycles. The Balaban J connectivity index is 2.37. The van der Waals surface area contributed by atoms with Crippen LogP contribution in [0.5, 0.6) is 0 Å².